The first-order valence-electron chi connectivity index (χ1n) is 8.60. The summed E-state index contributed by atoms with van der Waals surface area (Å²) in [5.41, 5.74) is 7.46. The maximum Gasteiger partial charge on any atom is 0.253 e. The van der Waals surface area contributed by atoms with Crippen molar-refractivity contribution in [1.29, 1.82) is 0 Å². The molecule has 3 aromatic rings. The average molecular weight is 347 g/mol. The van der Waals surface area contributed by atoms with E-state index < -0.39 is 11.9 Å². The number of carbonyl (C=O) groups is 2. The molecule has 0 bridgehead atoms. The van der Waals surface area contributed by atoms with Gasteiger partial charge < -0.3 is 11.1 Å². The van der Waals surface area contributed by atoms with Gasteiger partial charge in [-0.1, -0.05) is 42.5 Å². The smallest absolute Gasteiger partial charge is 0.253 e. The van der Waals surface area contributed by atoms with Gasteiger partial charge in [0.05, 0.1) is 16.6 Å². The molecule has 0 saturated heterocycles. The monoisotopic (exact) mass is 347 g/mol. The molecule has 0 saturated carbocycles. The summed E-state index contributed by atoms with van der Waals surface area (Å²) >= 11 is 0. The molecule has 3 rings (SSSR count). The highest BCUT2D eigenvalue weighted by molar-refractivity contribution is 6.16. The molecular formula is C21H21N3O2. The van der Waals surface area contributed by atoms with Gasteiger partial charge in [0.15, 0.2) is 0 Å². The van der Waals surface area contributed by atoms with Crippen LogP contribution in [-0.2, 0) is 4.79 Å². The third kappa shape index (κ3) is 3.57. The van der Waals surface area contributed by atoms with Crippen LogP contribution in [0.2, 0.25) is 0 Å². The maximum atomic E-state index is 13.1. The Morgan fingerprint density at radius 3 is 2.19 bits per heavy atom. The molecule has 2 amide bonds. The van der Waals surface area contributed by atoms with E-state index in [2.05, 4.69) is 16.9 Å². The highest BCUT2D eigenvalue weighted by atomic mass is 16.2. The Labute approximate surface area is 151 Å². The van der Waals surface area contributed by atoms with Crippen LogP contribution in [0, 0.1) is 0 Å². The number of primary amides is 1. The second-order valence-electron chi connectivity index (χ2n) is 6.17. The molecule has 1 atom stereocenters. The molecule has 0 radical (unpaired) electrons. The minimum absolute atomic E-state index is 0.317. The van der Waals surface area contributed by atoms with Crippen molar-refractivity contribution in [2.24, 2.45) is 5.73 Å². The van der Waals surface area contributed by atoms with Crippen molar-refractivity contribution in [3.05, 3.63) is 66.7 Å². The zero-order chi connectivity index (χ0) is 18.5. The second-order valence-corrected chi connectivity index (χ2v) is 6.17. The number of hydrogen-bond donors (Lipinski definition) is 2. The summed E-state index contributed by atoms with van der Waals surface area (Å²) in [4.78, 5) is 29.4. The Morgan fingerprint density at radius 2 is 1.65 bits per heavy atom. The highest BCUT2D eigenvalue weighted by Crippen LogP contribution is 2.26. The van der Waals surface area contributed by atoms with E-state index in [4.69, 9.17) is 5.73 Å². The fourth-order valence-electron chi connectivity index (χ4n) is 3.07. The summed E-state index contributed by atoms with van der Waals surface area (Å²) in [7, 11) is 0. The van der Waals surface area contributed by atoms with Crippen LogP contribution in [0.4, 0.5) is 0 Å². The van der Waals surface area contributed by atoms with E-state index in [1.807, 2.05) is 48.5 Å². The summed E-state index contributed by atoms with van der Waals surface area (Å²) in [6.07, 6.45) is 3.76. The average Bonchev–Trinajstić information content (AvgIpc) is 2.65. The largest absolute Gasteiger partial charge is 0.368 e. The van der Waals surface area contributed by atoms with Crippen LogP contribution >= 0.6 is 0 Å². The minimum Gasteiger partial charge on any atom is -0.368 e. The third-order valence-electron chi connectivity index (χ3n) is 4.36. The fraction of sp³-hybridized carbons (Fsp3) is 0.190. The van der Waals surface area contributed by atoms with Gasteiger partial charge in [0.2, 0.25) is 5.91 Å². The van der Waals surface area contributed by atoms with Crippen molar-refractivity contribution in [2.75, 3.05) is 0 Å². The zero-order valence-electron chi connectivity index (χ0n) is 14.4. The summed E-state index contributed by atoms with van der Waals surface area (Å²) < 4.78 is 0. The van der Waals surface area contributed by atoms with Gasteiger partial charge in [-0.25, -0.2) is 4.98 Å². The lowest BCUT2D eigenvalue weighted by Gasteiger charge is -2.17. The molecule has 1 heterocycles. The van der Waals surface area contributed by atoms with Gasteiger partial charge in [-0.05, 0) is 31.4 Å². The number of nitrogens with two attached hydrogens (primary N) is 1. The summed E-state index contributed by atoms with van der Waals surface area (Å²) in [5, 5.41) is 4.30. The van der Waals surface area contributed by atoms with Crippen LogP contribution in [-0.4, -0.2) is 22.8 Å². The van der Waals surface area contributed by atoms with Crippen molar-refractivity contribution < 1.29 is 9.59 Å². The van der Waals surface area contributed by atoms with Crippen molar-refractivity contribution in [3.63, 3.8) is 0 Å². The minimum atomic E-state index is -0.715. The SMILES string of the molecule is C=CCCC[C@H](NC(=O)c1c2ccccc2nc2ccccc12)C(N)=O. The van der Waals surface area contributed by atoms with Crippen LogP contribution in [0.15, 0.2) is 61.2 Å². The quantitative estimate of drug-likeness (QED) is 0.390. The Bertz CT molecular complexity index is 927. The van der Waals surface area contributed by atoms with Crippen molar-refractivity contribution in [2.45, 2.75) is 25.3 Å². The number of aromatic nitrogens is 1. The molecule has 0 aliphatic rings. The summed E-state index contributed by atoms with van der Waals surface area (Å²) in [5.74, 6) is -0.854. The number of benzene rings is 2. The van der Waals surface area contributed by atoms with Crippen LogP contribution in [0.1, 0.15) is 29.6 Å². The number of nitrogens with one attached hydrogen (secondary N) is 1. The van der Waals surface area contributed by atoms with E-state index in [0.29, 0.717) is 12.0 Å². The number of amides is 2. The molecule has 1 aromatic heterocycles. The molecule has 2 aromatic carbocycles. The fourth-order valence-corrected chi connectivity index (χ4v) is 3.07. The van der Waals surface area contributed by atoms with Gasteiger partial charge in [-0.2, -0.15) is 0 Å². The van der Waals surface area contributed by atoms with E-state index in [9.17, 15) is 9.59 Å². The number of nitrogens with zero attached hydrogens (tertiary/aromatic N) is 1. The van der Waals surface area contributed by atoms with E-state index in [1.165, 1.54) is 0 Å². The van der Waals surface area contributed by atoms with Crippen molar-refractivity contribution in [3.8, 4) is 0 Å². The van der Waals surface area contributed by atoms with Crippen molar-refractivity contribution >= 4 is 33.6 Å². The maximum absolute atomic E-state index is 13.1. The van der Waals surface area contributed by atoms with Gasteiger partial charge in [0, 0.05) is 10.8 Å². The number of unbranched alkanes of at least 4 members (excludes halogenated alkanes) is 1. The molecule has 0 spiro atoms. The molecule has 0 aliphatic heterocycles. The van der Waals surface area contributed by atoms with Crippen LogP contribution in [0.25, 0.3) is 21.8 Å². The molecule has 26 heavy (non-hydrogen) atoms. The lowest BCUT2D eigenvalue weighted by atomic mass is 10.0. The van der Waals surface area contributed by atoms with E-state index in [-0.39, 0.29) is 5.91 Å². The Morgan fingerprint density at radius 1 is 1.08 bits per heavy atom. The van der Waals surface area contributed by atoms with Crippen molar-refractivity contribution in [1.82, 2.24) is 10.3 Å². The van der Waals surface area contributed by atoms with Gasteiger partial charge >= 0.3 is 0 Å². The van der Waals surface area contributed by atoms with Crippen LogP contribution < -0.4 is 11.1 Å². The molecule has 0 aliphatic carbocycles. The second kappa shape index (κ2) is 7.78. The van der Waals surface area contributed by atoms with Gasteiger partial charge in [0.1, 0.15) is 6.04 Å². The predicted octanol–water partition coefficient (Wildman–Crippen LogP) is 3.33. The first kappa shape index (κ1) is 17.6. The predicted molar refractivity (Wildman–Crippen MR) is 104 cm³/mol. The summed E-state index contributed by atoms with van der Waals surface area (Å²) in [6, 6.07) is 14.2. The normalized spacial score (nSPS) is 12.0. The Kier molecular flexibility index (Phi) is 5.27. The molecule has 5 heteroatoms. The van der Waals surface area contributed by atoms with E-state index in [0.717, 1.165) is 34.6 Å². The molecule has 132 valence electrons. The molecule has 3 N–H and O–H groups in total. The molecular weight excluding hydrogens is 326 g/mol. The number of hydrogen-bond acceptors (Lipinski definition) is 3. The third-order valence-corrected chi connectivity index (χ3v) is 4.36. The number of pyridine rings is 1. The number of allylic oxidation sites excluding steroid dienone is 1. The number of fused-ring (bicyclic) bond motifs is 2. The standard InChI is InChI=1S/C21H21N3O2/c1-2-3-4-13-18(20(22)25)24-21(26)19-14-9-5-7-11-16(14)23-17-12-8-6-10-15(17)19/h2,5-12,18H,1,3-4,13H2,(H2,22,25)(H,24,26)/t18-/m0/s1. The lowest BCUT2D eigenvalue weighted by Crippen LogP contribution is -2.44. The molecule has 0 fully saturated rings. The zero-order valence-corrected chi connectivity index (χ0v) is 14.4. The highest BCUT2D eigenvalue weighted by Gasteiger charge is 2.21. The number of rotatable bonds is 7. The summed E-state index contributed by atoms with van der Waals surface area (Å²) in [6.45, 7) is 3.67. The topological polar surface area (TPSA) is 85.1 Å². The van der Waals surface area contributed by atoms with Gasteiger partial charge in [0.25, 0.3) is 5.91 Å². The van der Waals surface area contributed by atoms with Gasteiger partial charge in [-0.15, -0.1) is 6.58 Å². The molecule has 0 unspecified atom stereocenters. The lowest BCUT2D eigenvalue weighted by molar-refractivity contribution is -0.120. The van der Waals surface area contributed by atoms with Crippen LogP contribution in [0.3, 0.4) is 0 Å². The van der Waals surface area contributed by atoms with Gasteiger partial charge in [-0.3, -0.25) is 9.59 Å². The number of carbonyl (C=O) groups excluding carboxylic acids is 2. The van der Waals surface area contributed by atoms with E-state index in [1.54, 1.807) is 6.08 Å². The first-order chi connectivity index (χ1) is 12.6. The Hall–Kier alpha value is -3.21. The number of para-hydroxylation sites is 2. The first-order valence-corrected chi connectivity index (χ1v) is 8.60. The van der Waals surface area contributed by atoms with E-state index >= 15 is 0 Å². The Balaban J connectivity index is 2.03. The van der Waals surface area contributed by atoms with Crippen LogP contribution in [0.5, 0.6) is 0 Å². The molecule has 5 nitrogen and oxygen atoms in total.